The van der Waals surface area contributed by atoms with Crippen LogP contribution in [-0.2, 0) is 24.5 Å². The summed E-state index contributed by atoms with van der Waals surface area (Å²) in [6.07, 6.45) is 0.0307. The molecular formula is C31H45N3O7Si. The van der Waals surface area contributed by atoms with Crippen molar-refractivity contribution in [2.24, 2.45) is 5.92 Å². The van der Waals surface area contributed by atoms with E-state index < -0.39 is 37.6 Å². The largest absolute Gasteiger partial charge is 0.542 e. The molecule has 0 unspecified atom stereocenters. The van der Waals surface area contributed by atoms with Crippen LogP contribution in [0.4, 0.5) is 5.69 Å². The molecule has 10 nitrogen and oxygen atoms in total. The fraction of sp³-hybridized carbons (Fsp3) is 0.516. The highest BCUT2D eigenvalue weighted by molar-refractivity contribution is 6.74. The lowest BCUT2D eigenvalue weighted by Gasteiger charge is -2.38. The Balaban J connectivity index is 2.14. The molecule has 230 valence electrons. The summed E-state index contributed by atoms with van der Waals surface area (Å²) in [6, 6.07) is 9.46. The molecule has 1 aliphatic rings. The zero-order chi connectivity index (χ0) is 31.5. The summed E-state index contributed by atoms with van der Waals surface area (Å²) < 4.78 is 22.4. The number of carbonyl (C=O) groups excluding carboxylic acids is 3. The zero-order valence-corrected chi connectivity index (χ0v) is 27.2. The van der Waals surface area contributed by atoms with Gasteiger partial charge in [-0.2, -0.15) is 0 Å². The van der Waals surface area contributed by atoms with Crippen LogP contribution in [0.25, 0.3) is 0 Å². The van der Waals surface area contributed by atoms with Crippen molar-refractivity contribution in [3.8, 4) is 17.2 Å². The van der Waals surface area contributed by atoms with Crippen LogP contribution in [0.15, 0.2) is 36.4 Å². The number of nitrogen functional groups attached to an aromatic ring is 1. The standard InChI is InChI=1S/C31H45N3O7Si/c1-19(2)17-31(28(36)33-6,21-11-12-22(32)25(15-21)41-42(8,9)30(3,4)5)29(37)34-23(16-27(35)38-7)20-10-13-24-26(14-20)40-18-39-24/h10-15,19,23H,16-18,32H2,1-9H3,(H,33,36)(H,34,37)/t23-,31-/m0/s1. The van der Waals surface area contributed by atoms with E-state index in [2.05, 4.69) is 44.5 Å². The van der Waals surface area contributed by atoms with Gasteiger partial charge in [-0.25, -0.2) is 0 Å². The molecule has 2 aromatic carbocycles. The summed E-state index contributed by atoms with van der Waals surface area (Å²) in [7, 11) is 0.473. The van der Waals surface area contributed by atoms with Crippen LogP contribution in [0.2, 0.25) is 18.1 Å². The van der Waals surface area contributed by atoms with E-state index in [0.29, 0.717) is 34.1 Å². The molecule has 42 heavy (non-hydrogen) atoms. The molecule has 11 heteroatoms. The van der Waals surface area contributed by atoms with Crippen molar-refractivity contribution < 1.29 is 33.0 Å². The van der Waals surface area contributed by atoms with E-state index in [-0.39, 0.29) is 30.6 Å². The smallest absolute Gasteiger partial charge is 0.307 e. The lowest BCUT2D eigenvalue weighted by atomic mass is 9.72. The topological polar surface area (TPSA) is 138 Å². The Kier molecular flexibility index (Phi) is 9.87. The Morgan fingerprint density at radius 3 is 2.29 bits per heavy atom. The van der Waals surface area contributed by atoms with Crippen molar-refractivity contribution in [1.82, 2.24) is 10.6 Å². The second kappa shape index (κ2) is 12.6. The van der Waals surface area contributed by atoms with Gasteiger partial charge in [0.1, 0.15) is 5.75 Å². The summed E-state index contributed by atoms with van der Waals surface area (Å²) >= 11 is 0. The number of hydrogen-bond donors (Lipinski definition) is 3. The first kappa shape index (κ1) is 32.8. The maximum absolute atomic E-state index is 14.5. The summed E-state index contributed by atoms with van der Waals surface area (Å²) in [6.45, 7) is 14.5. The van der Waals surface area contributed by atoms with Crippen LogP contribution in [0.3, 0.4) is 0 Å². The van der Waals surface area contributed by atoms with E-state index in [1.165, 1.54) is 14.2 Å². The number of methoxy groups -OCH3 is 1. The molecule has 4 N–H and O–H groups in total. The number of ether oxygens (including phenoxy) is 3. The van der Waals surface area contributed by atoms with Crippen molar-refractivity contribution >= 4 is 31.8 Å². The van der Waals surface area contributed by atoms with Crippen molar-refractivity contribution in [3.05, 3.63) is 47.5 Å². The predicted molar refractivity (Wildman–Crippen MR) is 164 cm³/mol. The van der Waals surface area contributed by atoms with E-state index in [4.69, 9.17) is 24.4 Å². The number of carbonyl (C=O) groups is 3. The van der Waals surface area contributed by atoms with E-state index in [0.717, 1.165) is 0 Å². The van der Waals surface area contributed by atoms with Crippen LogP contribution >= 0.6 is 0 Å². The van der Waals surface area contributed by atoms with Gasteiger partial charge in [-0.3, -0.25) is 14.4 Å². The second-order valence-electron chi connectivity index (χ2n) is 12.6. The molecule has 0 saturated heterocycles. The average Bonchev–Trinajstić information content (AvgIpc) is 3.39. The highest BCUT2D eigenvalue weighted by atomic mass is 28.4. The Bertz CT molecular complexity index is 1320. The maximum atomic E-state index is 14.5. The molecule has 2 amide bonds. The number of fused-ring (bicyclic) bond motifs is 1. The Labute approximate surface area is 249 Å². The summed E-state index contributed by atoms with van der Waals surface area (Å²) in [5.41, 5.74) is 6.17. The van der Waals surface area contributed by atoms with Gasteiger partial charge in [0.05, 0.1) is 25.3 Å². The van der Waals surface area contributed by atoms with E-state index in [9.17, 15) is 14.4 Å². The molecule has 3 rings (SSSR count). The minimum absolute atomic E-state index is 0.0556. The molecule has 0 aromatic heterocycles. The van der Waals surface area contributed by atoms with Crippen molar-refractivity contribution in [2.45, 2.75) is 77.0 Å². The van der Waals surface area contributed by atoms with Gasteiger partial charge in [0.2, 0.25) is 18.6 Å². The molecular weight excluding hydrogens is 554 g/mol. The fourth-order valence-corrected chi connectivity index (χ4v) is 5.76. The zero-order valence-electron chi connectivity index (χ0n) is 26.2. The van der Waals surface area contributed by atoms with Crippen LogP contribution in [0, 0.1) is 5.92 Å². The summed E-state index contributed by atoms with van der Waals surface area (Å²) in [4.78, 5) is 40.8. The third-order valence-electron chi connectivity index (χ3n) is 8.10. The van der Waals surface area contributed by atoms with Crippen LogP contribution in [-0.4, -0.2) is 47.1 Å². The number of nitrogens with one attached hydrogen (secondary N) is 2. The number of amides is 2. The molecule has 0 spiro atoms. The van der Waals surface area contributed by atoms with Gasteiger partial charge in [-0.05, 0) is 65.9 Å². The van der Waals surface area contributed by atoms with Crippen LogP contribution < -0.4 is 30.3 Å². The normalized spacial score (nSPS) is 15.0. The monoisotopic (exact) mass is 599 g/mol. The molecule has 0 fully saturated rings. The van der Waals surface area contributed by atoms with Gasteiger partial charge < -0.3 is 35.0 Å². The molecule has 0 bridgehead atoms. The lowest BCUT2D eigenvalue weighted by molar-refractivity contribution is -0.142. The van der Waals surface area contributed by atoms with Gasteiger partial charge in [0, 0.05) is 7.05 Å². The number of anilines is 1. The maximum Gasteiger partial charge on any atom is 0.307 e. The highest BCUT2D eigenvalue weighted by Crippen LogP contribution is 2.42. The number of likely N-dealkylation sites (N-methyl/N-ethyl adjacent to an activating group) is 1. The van der Waals surface area contributed by atoms with Gasteiger partial charge >= 0.3 is 5.97 Å². The van der Waals surface area contributed by atoms with Crippen LogP contribution in [0.5, 0.6) is 17.2 Å². The number of benzene rings is 2. The first-order valence-corrected chi connectivity index (χ1v) is 17.0. The quantitative estimate of drug-likeness (QED) is 0.145. The SMILES string of the molecule is CNC(=O)[C@@](CC(C)C)(C(=O)N[C@@H](CC(=O)OC)c1ccc2c(c1)OCO2)c1ccc(N)c(O[Si](C)(C)C(C)(C)C)c1. The number of esters is 1. The van der Waals surface area contributed by atoms with Crippen molar-refractivity contribution in [1.29, 1.82) is 0 Å². The minimum Gasteiger partial charge on any atom is -0.542 e. The minimum atomic E-state index is -2.31. The van der Waals surface area contributed by atoms with Crippen molar-refractivity contribution in [3.63, 3.8) is 0 Å². The van der Waals surface area contributed by atoms with Gasteiger partial charge in [0.15, 0.2) is 16.9 Å². The van der Waals surface area contributed by atoms with Crippen LogP contribution in [0.1, 0.15) is 64.6 Å². The number of rotatable bonds is 11. The highest BCUT2D eigenvalue weighted by Gasteiger charge is 2.49. The van der Waals surface area contributed by atoms with E-state index in [1.54, 1.807) is 36.4 Å². The third-order valence-corrected chi connectivity index (χ3v) is 12.4. The predicted octanol–water partition coefficient (Wildman–Crippen LogP) is 4.83. The molecule has 1 aliphatic heterocycles. The lowest BCUT2D eigenvalue weighted by Crippen LogP contribution is -2.55. The van der Waals surface area contributed by atoms with Crippen molar-refractivity contribution in [2.75, 3.05) is 26.7 Å². The molecule has 2 atom stereocenters. The molecule has 0 radical (unpaired) electrons. The van der Waals surface area contributed by atoms with Gasteiger partial charge in [-0.1, -0.05) is 46.8 Å². The Morgan fingerprint density at radius 1 is 1.02 bits per heavy atom. The first-order valence-electron chi connectivity index (χ1n) is 14.1. The summed E-state index contributed by atoms with van der Waals surface area (Å²) in [5, 5.41) is 5.60. The Hall–Kier alpha value is -3.73. The first-order chi connectivity index (χ1) is 19.5. The average molecular weight is 600 g/mol. The molecule has 2 aromatic rings. The van der Waals surface area contributed by atoms with Gasteiger partial charge in [-0.15, -0.1) is 0 Å². The van der Waals surface area contributed by atoms with E-state index in [1.807, 2.05) is 13.8 Å². The Morgan fingerprint density at radius 2 is 1.69 bits per heavy atom. The number of hydrogen-bond acceptors (Lipinski definition) is 8. The second-order valence-corrected chi connectivity index (χ2v) is 17.3. The fourth-order valence-electron chi connectivity index (χ4n) is 4.72. The molecule has 0 saturated carbocycles. The molecule has 1 heterocycles. The van der Waals surface area contributed by atoms with E-state index >= 15 is 0 Å². The molecule has 0 aliphatic carbocycles. The van der Waals surface area contributed by atoms with Gasteiger partial charge in [0.25, 0.3) is 8.32 Å². The third kappa shape index (κ3) is 6.83. The summed E-state index contributed by atoms with van der Waals surface area (Å²) in [5.74, 6) is -0.125. The number of nitrogens with two attached hydrogens (primary N) is 1.